The lowest BCUT2D eigenvalue weighted by atomic mass is 9.89. The number of para-hydroxylation sites is 1. The molecule has 2 aromatic carbocycles. The summed E-state index contributed by atoms with van der Waals surface area (Å²) in [5, 5.41) is 10.9. The number of ether oxygens (including phenoxy) is 1. The molecule has 0 amide bonds. The lowest BCUT2D eigenvalue weighted by molar-refractivity contribution is 0.0558. The number of aliphatic hydroxyl groups excluding tert-OH is 1. The number of nitrogens with zero attached hydrogens (tertiary/aromatic N) is 2. The van der Waals surface area contributed by atoms with Gasteiger partial charge >= 0.3 is 0 Å². The highest BCUT2D eigenvalue weighted by Crippen LogP contribution is 2.25. The first-order chi connectivity index (χ1) is 16.6. The van der Waals surface area contributed by atoms with Crippen LogP contribution in [0.3, 0.4) is 0 Å². The fraction of sp³-hybridized carbons (Fsp3) is 0.448. The van der Waals surface area contributed by atoms with E-state index in [4.69, 9.17) is 4.74 Å². The molecule has 1 aliphatic rings. The smallest absolute Gasteiger partial charge is 0.123 e. The van der Waals surface area contributed by atoms with Gasteiger partial charge in [0, 0.05) is 38.1 Å². The van der Waals surface area contributed by atoms with Crippen LogP contribution in [-0.2, 0) is 13.1 Å². The summed E-state index contributed by atoms with van der Waals surface area (Å²) in [4.78, 5) is 2.39. The van der Waals surface area contributed by atoms with Gasteiger partial charge in [-0.25, -0.2) is 4.39 Å². The second kappa shape index (κ2) is 12.2. The first kappa shape index (κ1) is 24.5. The average molecular weight is 465 g/mol. The molecule has 1 aromatic heterocycles. The summed E-state index contributed by atoms with van der Waals surface area (Å²) in [5.41, 5.74) is 3.35. The van der Waals surface area contributed by atoms with Crippen molar-refractivity contribution in [3.8, 4) is 5.75 Å². The summed E-state index contributed by atoms with van der Waals surface area (Å²) in [6.07, 6.45) is 7.99. The standard InChI is InChI=1S/C29H37FN2O2/c1-23-8-5-6-12-29(23)34-22-28(33)21-31(18-24-9-3-2-4-10-24)20-27-11-7-17-32(27)19-25-13-15-26(30)16-14-25/h5-8,11-17,24,28,33H,2-4,9-10,18-22H2,1H3/t28-/m1/s1. The van der Waals surface area contributed by atoms with Gasteiger partial charge in [0.25, 0.3) is 0 Å². The molecule has 0 aliphatic heterocycles. The molecule has 4 nitrogen and oxygen atoms in total. The number of benzene rings is 2. The number of aliphatic hydroxyl groups is 1. The largest absolute Gasteiger partial charge is 0.491 e. The summed E-state index contributed by atoms with van der Waals surface area (Å²) in [6, 6.07) is 18.8. The van der Waals surface area contributed by atoms with Crippen molar-refractivity contribution in [3.63, 3.8) is 0 Å². The Kier molecular flexibility index (Phi) is 8.78. The predicted molar refractivity (Wildman–Crippen MR) is 134 cm³/mol. The van der Waals surface area contributed by atoms with Gasteiger partial charge in [0.2, 0.25) is 0 Å². The summed E-state index contributed by atoms with van der Waals surface area (Å²) in [5.74, 6) is 1.30. The lowest BCUT2D eigenvalue weighted by Gasteiger charge is -2.31. The van der Waals surface area contributed by atoms with Crippen LogP contribution in [0.4, 0.5) is 4.39 Å². The SMILES string of the molecule is Cc1ccccc1OC[C@H](O)CN(Cc1cccn1Cc1ccc(F)cc1)CC1CCCCC1. The van der Waals surface area contributed by atoms with Crippen molar-refractivity contribution < 1.29 is 14.2 Å². The highest BCUT2D eigenvalue weighted by atomic mass is 19.1. The second-order valence-corrected chi connectivity index (χ2v) is 9.68. The normalized spacial score (nSPS) is 15.5. The summed E-state index contributed by atoms with van der Waals surface area (Å²) >= 11 is 0. The summed E-state index contributed by atoms with van der Waals surface area (Å²) in [7, 11) is 0. The van der Waals surface area contributed by atoms with Crippen LogP contribution in [0.2, 0.25) is 0 Å². The molecular formula is C29H37FN2O2. The van der Waals surface area contributed by atoms with Crippen molar-refractivity contribution in [2.45, 2.75) is 58.2 Å². The minimum atomic E-state index is -0.566. The number of hydrogen-bond donors (Lipinski definition) is 1. The molecule has 5 heteroatoms. The molecule has 182 valence electrons. The van der Waals surface area contributed by atoms with E-state index < -0.39 is 6.10 Å². The van der Waals surface area contributed by atoms with E-state index in [2.05, 4.69) is 27.8 Å². The Bertz CT molecular complexity index is 1010. The Morgan fingerprint density at radius 1 is 1.03 bits per heavy atom. The van der Waals surface area contributed by atoms with E-state index in [1.807, 2.05) is 43.3 Å². The van der Waals surface area contributed by atoms with Crippen LogP contribution in [0.15, 0.2) is 66.9 Å². The van der Waals surface area contributed by atoms with Crippen LogP contribution in [0.25, 0.3) is 0 Å². The van der Waals surface area contributed by atoms with Gasteiger partial charge < -0.3 is 14.4 Å². The van der Waals surface area contributed by atoms with Crippen LogP contribution in [0, 0.1) is 18.7 Å². The van der Waals surface area contributed by atoms with Crippen molar-refractivity contribution in [1.82, 2.24) is 9.47 Å². The molecule has 0 bridgehead atoms. The van der Waals surface area contributed by atoms with Gasteiger partial charge in [-0.3, -0.25) is 4.90 Å². The van der Waals surface area contributed by atoms with Crippen LogP contribution in [0.1, 0.15) is 48.9 Å². The van der Waals surface area contributed by atoms with Gasteiger partial charge in [-0.05, 0) is 67.1 Å². The molecule has 34 heavy (non-hydrogen) atoms. The Balaban J connectivity index is 1.40. The number of aromatic nitrogens is 1. The maximum atomic E-state index is 13.3. The Labute approximate surface area is 203 Å². The van der Waals surface area contributed by atoms with Crippen LogP contribution in [0.5, 0.6) is 5.75 Å². The van der Waals surface area contributed by atoms with Crippen molar-refractivity contribution in [3.05, 3.63) is 89.5 Å². The van der Waals surface area contributed by atoms with E-state index in [1.165, 1.54) is 49.9 Å². The van der Waals surface area contributed by atoms with Gasteiger partial charge in [-0.1, -0.05) is 49.6 Å². The van der Waals surface area contributed by atoms with Crippen molar-refractivity contribution in [1.29, 1.82) is 0 Å². The quantitative estimate of drug-likeness (QED) is 0.389. The molecule has 1 heterocycles. The van der Waals surface area contributed by atoms with E-state index in [-0.39, 0.29) is 12.4 Å². The Morgan fingerprint density at radius 2 is 1.79 bits per heavy atom. The zero-order valence-electron chi connectivity index (χ0n) is 20.2. The average Bonchev–Trinajstić information content (AvgIpc) is 3.27. The van der Waals surface area contributed by atoms with Gasteiger partial charge in [0.15, 0.2) is 0 Å². The molecule has 1 aliphatic carbocycles. The van der Waals surface area contributed by atoms with E-state index >= 15 is 0 Å². The highest BCUT2D eigenvalue weighted by molar-refractivity contribution is 5.31. The summed E-state index contributed by atoms with van der Waals surface area (Å²) in [6.45, 7) is 5.34. The second-order valence-electron chi connectivity index (χ2n) is 9.68. The number of hydrogen-bond acceptors (Lipinski definition) is 3. The van der Waals surface area contributed by atoms with Gasteiger partial charge in [-0.2, -0.15) is 0 Å². The van der Waals surface area contributed by atoms with Gasteiger partial charge in [0.05, 0.1) is 0 Å². The summed E-state index contributed by atoms with van der Waals surface area (Å²) < 4.78 is 21.5. The molecule has 4 rings (SSSR count). The van der Waals surface area contributed by atoms with E-state index in [1.54, 1.807) is 0 Å². The van der Waals surface area contributed by atoms with Crippen LogP contribution < -0.4 is 4.74 Å². The van der Waals surface area contributed by atoms with Crippen LogP contribution in [-0.4, -0.2) is 40.4 Å². The minimum absolute atomic E-state index is 0.211. The zero-order chi connectivity index (χ0) is 23.8. The monoisotopic (exact) mass is 464 g/mol. The molecule has 0 radical (unpaired) electrons. The lowest BCUT2D eigenvalue weighted by Crippen LogP contribution is -2.39. The molecule has 3 aromatic rings. The third-order valence-corrected chi connectivity index (χ3v) is 6.81. The topological polar surface area (TPSA) is 37.6 Å². The van der Waals surface area contributed by atoms with Gasteiger partial charge in [0.1, 0.15) is 24.3 Å². The highest BCUT2D eigenvalue weighted by Gasteiger charge is 2.21. The molecule has 0 spiro atoms. The predicted octanol–water partition coefficient (Wildman–Crippen LogP) is 5.81. The molecule has 1 N–H and O–H groups in total. The fourth-order valence-electron chi connectivity index (χ4n) is 4.96. The molecule has 0 saturated heterocycles. The Hall–Kier alpha value is -2.63. The minimum Gasteiger partial charge on any atom is -0.491 e. The third kappa shape index (κ3) is 7.18. The van der Waals surface area contributed by atoms with Gasteiger partial charge in [-0.15, -0.1) is 0 Å². The molecule has 0 unspecified atom stereocenters. The fourth-order valence-corrected chi connectivity index (χ4v) is 4.96. The first-order valence-corrected chi connectivity index (χ1v) is 12.5. The van der Waals surface area contributed by atoms with Crippen molar-refractivity contribution in [2.75, 3.05) is 19.7 Å². The first-order valence-electron chi connectivity index (χ1n) is 12.5. The number of halogens is 1. The number of aryl methyl sites for hydroxylation is 1. The maximum Gasteiger partial charge on any atom is 0.123 e. The molecule has 1 fully saturated rings. The molecule has 1 atom stereocenters. The zero-order valence-corrected chi connectivity index (χ0v) is 20.2. The third-order valence-electron chi connectivity index (χ3n) is 6.81. The van der Waals surface area contributed by atoms with Crippen molar-refractivity contribution in [2.24, 2.45) is 5.92 Å². The Morgan fingerprint density at radius 3 is 2.56 bits per heavy atom. The van der Waals surface area contributed by atoms with E-state index in [0.29, 0.717) is 19.0 Å². The molecule has 1 saturated carbocycles. The van der Waals surface area contributed by atoms with E-state index in [9.17, 15) is 9.50 Å². The van der Waals surface area contributed by atoms with E-state index in [0.717, 1.165) is 30.0 Å². The maximum absolute atomic E-state index is 13.3. The van der Waals surface area contributed by atoms with Crippen molar-refractivity contribution >= 4 is 0 Å². The molecular weight excluding hydrogens is 427 g/mol. The number of rotatable bonds is 11. The van der Waals surface area contributed by atoms with Crippen LogP contribution >= 0.6 is 0 Å².